The molecule has 0 aliphatic heterocycles. The van der Waals surface area contributed by atoms with Crippen LogP contribution in [0.2, 0.25) is 18.1 Å². The number of rotatable bonds is 14. The minimum Gasteiger partial charge on any atom is -0.489 e. The third kappa shape index (κ3) is 8.64. The summed E-state index contributed by atoms with van der Waals surface area (Å²) in [4.78, 5) is 12.4. The third-order valence-electron chi connectivity index (χ3n) is 8.89. The standard InChI is InChI=1S/C37H50N2O5Si/c1-9-42-36(41)33-22-30-20-28(15-17-32(30)39(33)6)19-26(2)38-23-35(44-45(7,8)37(3,4)5)29-16-18-34(31(21-29)24-40)43-25-27-13-11-10-12-14-27/h10-18,20-22,26,35,38,40H,9,19,23-25H2,1-8H3/t26-,35+/m1/s1. The molecule has 242 valence electrons. The van der Waals surface area contributed by atoms with Crippen LogP contribution in [0.3, 0.4) is 0 Å². The molecule has 7 nitrogen and oxygen atoms in total. The van der Waals surface area contributed by atoms with E-state index in [2.05, 4.69) is 70.4 Å². The van der Waals surface area contributed by atoms with Gasteiger partial charge in [-0.1, -0.05) is 63.2 Å². The molecule has 0 aliphatic rings. The van der Waals surface area contributed by atoms with Gasteiger partial charge in [0, 0.05) is 36.1 Å². The molecule has 45 heavy (non-hydrogen) atoms. The number of aliphatic hydroxyl groups is 1. The Morgan fingerprint density at radius 2 is 1.73 bits per heavy atom. The van der Waals surface area contributed by atoms with Crippen molar-refractivity contribution in [3.8, 4) is 5.75 Å². The van der Waals surface area contributed by atoms with Crippen LogP contribution in [0.4, 0.5) is 0 Å². The molecule has 0 saturated heterocycles. The second-order valence-corrected chi connectivity index (χ2v) is 18.1. The highest BCUT2D eigenvalue weighted by Crippen LogP contribution is 2.40. The first-order valence-electron chi connectivity index (χ1n) is 15.9. The van der Waals surface area contributed by atoms with Crippen molar-refractivity contribution < 1.29 is 23.8 Å². The fourth-order valence-electron chi connectivity index (χ4n) is 5.22. The molecule has 0 aliphatic carbocycles. The number of nitrogens with zero attached hydrogens (tertiary/aromatic N) is 1. The predicted molar refractivity (Wildman–Crippen MR) is 184 cm³/mol. The van der Waals surface area contributed by atoms with Crippen molar-refractivity contribution >= 4 is 25.2 Å². The number of aromatic nitrogens is 1. The van der Waals surface area contributed by atoms with Gasteiger partial charge >= 0.3 is 5.97 Å². The first kappa shape index (κ1) is 34.4. The Morgan fingerprint density at radius 3 is 2.40 bits per heavy atom. The summed E-state index contributed by atoms with van der Waals surface area (Å²) >= 11 is 0. The van der Waals surface area contributed by atoms with E-state index in [1.54, 1.807) is 0 Å². The average molecular weight is 631 g/mol. The Bertz CT molecular complexity index is 1580. The second-order valence-electron chi connectivity index (χ2n) is 13.4. The van der Waals surface area contributed by atoms with Gasteiger partial charge in [0.05, 0.1) is 19.3 Å². The lowest BCUT2D eigenvalue weighted by atomic mass is 10.0. The van der Waals surface area contributed by atoms with Gasteiger partial charge in [-0.25, -0.2) is 4.79 Å². The lowest BCUT2D eigenvalue weighted by Gasteiger charge is -2.40. The van der Waals surface area contributed by atoms with Gasteiger partial charge in [-0.2, -0.15) is 0 Å². The summed E-state index contributed by atoms with van der Waals surface area (Å²) in [5.41, 5.74) is 5.59. The van der Waals surface area contributed by atoms with Crippen LogP contribution in [0.25, 0.3) is 10.9 Å². The summed E-state index contributed by atoms with van der Waals surface area (Å²) in [5, 5.41) is 15.1. The summed E-state index contributed by atoms with van der Waals surface area (Å²) in [6.07, 6.45) is 0.631. The Labute approximate surface area is 269 Å². The lowest BCUT2D eigenvalue weighted by molar-refractivity contribution is 0.0516. The van der Waals surface area contributed by atoms with Gasteiger partial charge in [0.15, 0.2) is 8.32 Å². The quantitative estimate of drug-likeness (QED) is 0.110. The molecule has 1 heterocycles. The van der Waals surface area contributed by atoms with Gasteiger partial charge < -0.3 is 28.9 Å². The molecular weight excluding hydrogens is 581 g/mol. The molecule has 0 radical (unpaired) electrons. The summed E-state index contributed by atoms with van der Waals surface area (Å²) in [6, 6.07) is 24.5. The molecule has 2 atom stereocenters. The van der Waals surface area contributed by atoms with E-state index >= 15 is 0 Å². The Hall–Kier alpha value is -3.43. The molecule has 2 N–H and O–H groups in total. The minimum atomic E-state index is -2.12. The molecule has 1 aromatic heterocycles. The molecule has 0 unspecified atom stereocenters. The summed E-state index contributed by atoms with van der Waals surface area (Å²) < 4.78 is 20.2. The number of benzene rings is 3. The van der Waals surface area contributed by atoms with Crippen molar-refractivity contribution in [2.24, 2.45) is 7.05 Å². The highest BCUT2D eigenvalue weighted by Gasteiger charge is 2.39. The number of hydrogen-bond donors (Lipinski definition) is 2. The van der Waals surface area contributed by atoms with E-state index in [1.165, 1.54) is 5.56 Å². The highest BCUT2D eigenvalue weighted by molar-refractivity contribution is 6.74. The van der Waals surface area contributed by atoms with Gasteiger partial charge in [0.1, 0.15) is 18.1 Å². The number of esters is 1. The highest BCUT2D eigenvalue weighted by atomic mass is 28.4. The van der Waals surface area contributed by atoms with Crippen LogP contribution >= 0.6 is 0 Å². The summed E-state index contributed by atoms with van der Waals surface area (Å²) in [7, 11) is -0.226. The molecular formula is C37H50N2O5Si. The van der Waals surface area contributed by atoms with Crippen molar-refractivity contribution in [2.75, 3.05) is 13.2 Å². The molecule has 0 fully saturated rings. The monoisotopic (exact) mass is 630 g/mol. The zero-order valence-corrected chi connectivity index (χ0v) is 29.1. The van der Waals surface area contributed by atoms with Crippen molar-refractivity contribution in [3.05, 3.63) is 101 Å². The first-order valence-corrected chi connectivity index (χ1v) is 18.8. The Kier molecular flexibility index (Phi) is 11.3. The summed E-state index contributed by atoms with van der Waals surface area (Å²) in [5.74, 6) is 0.376. The van der Waals surface area contributed by atoms with Gasteiger partial charge in [0.2, 0.25) is 0 Å². The second kappa shape index (κ2) is 14.8. The molecule has 0 saturated carbocycles. The third-order valence-corrected chi connectivity index (χ3v) is 13.4. The molecule has 8 heteroatoms. The topological polar surface area (TPSA) is 82.0 Å². The van der Waals surface area contributed by atoms with E-state index in [9.17, 15) is 9.90 Å². The summed E-state index contributed by atoms with van der Waals surface area (Å²) in [6.45, 7) is 16.6. The maximum atomic E-state index is 12.4. The minimum absolute atomic E-state index is 0.0446. The van der Waals surface area contributed by atoms with Crippen LogP contribution in [-0.2, 0) is 35.8 Å². The van der Waals surface area contributed by atoms with Crippen LogP contribution in [0, 0.1) is 0 Å². The smallest absolute Gasteiger partial charge is 0.354 e. The maximum absolute atomic E-state index is 12.4. The Morgan fingerprint density at radius 1 is 1.00 bits per heavy atom. The number of ether oxygens (including phenoxy) is 2. The van der Waals surface area contributed by atoms with Gasteiger partial charge in [-0.05, 0) is 85.4 Å². The number of aryl methyl sites for hydroxylation is 1. The first-order chi connectivity index (χ1) is 21.3. The van der Waals surface area contributed by atoms with Crippen LogP contribution in [0.5, 0.6) is 5.75 Å². The predicted octanol–water partition coefficient (Wildman–Crippen LogP) is 7.71. The van der Waals surface area contributed by atoms with E-state index in [0.717, 1.165) is 34.0 Å². The number of hydrogen-bond acceptors (Lipinski definition) is 6. The van der Waals surface area contributed by atoms with Crippen LogP contribution in [0.15, 0.2) is 72.8 Å². The largest absolute Gasteiger partial charge is 0.489 e. The SMILES string of the molecule is CCOC(=O)c1cc2cc(C[C@@H](C)NC[C@H](O[Si](C)(C)C(C)(C)C)c3ccc(OCc4ccccc4)c(CO)c3)ccc2n1C. The number of nitrogens with one attached hydrogen (secondary N) is 1. The fourth-order valence-corrected chi connectivity index (χ4v) is 6.50. The lowest BCUT2D eigenvalue weighted by Crippen LogP contribution is -2.44. The normalized spacial score (nSPS) is 13.5. The van der Waals surface area contributed by atoms with Crippen molar-refractivity contribution in [2.45, 2.75) is 84.5 Å². The molecule has 0 bridgehead atoms. The molecule has 4 aromatic rings. The van der Waals surface area contributed by atoms with E-state index in [-0.39, 0.29) is 29.8 Å². The van der Waals surface area contributed by atoms with Crippen LogP contribution in [-0.4, -0.2) is 43.2 Å². The number of fused-ring (bicyclic) bond motifs is 1. The van der Waals surface area contributed by atoms with E-state index < -0.39 is 8.32 Å². The average Bonchev–Trinajstić information content (AvgIpc) is 3.33. The molecule has 0 amide bonds. The van der Waals surface area contributed by atoms with Crippen molar-refractivity contribution in [1.82, 2.24) is 9.88 Å². The number of aliphatic hydroxyl groups excluding tert-OH is 1. The van der Waals surface area contributed by atoms with Gasteiger partial charge in [0.25, 0.3) is 0 Å². The Balaban J connectivity index is 1.50. The zero-order valence-electron chi connectivity index (χ0n) is 28.1. The van der Waals surface area contributed by atoms with Crippen LogP contribution in [0.1, 0.15) is 73.5 Å². The molecule has 0 spiro atoms. The fraction of sp³-hybridized carbons (Fsp3) is 0.432. The molecule has 3 aromatic carbocycles. The van der Waals surface area contributed by atoms with Gasteiger partial charge in [-0.3, -0.25) is 0 Å². The number of carbonyl (C=O) groups excluding carboxylic acids is 1. The van der Waals surface area contributed by atoms with Gasteiger partial charge in [-0.15, -0.1) is 0 Å². The molecule has 4 rings (SSSR count). The van der Waals surface area contributed by atoms with Crippen molar-refractivity contribution in [1.29, 1.82) is 0 Å². The van der Waals surface area contributed by atoms with E-state index in [4.69, 9.17) is 13.9 Å². The van der Waals surface area contributed by atoms with E-state index in [1.807, 2.05) is 67.1 Å². The van der Waals surface area contributed by atoms with E-state index in [0.29, 0.717) is 31.2 Å². The number of carbonyl (C=O) groups is 1. The maximum Gasteiger partial charge on any atom is 0.354 e. The van der Waals surface area contributed by atoms with Crippen LogP contribution < -0.4 is 10.1 Å². The zero-order chi connectivity index (χ0) is 32.8. The van der Waals surface area contributed by atoms with Crippen molar-refractivity contribution in [3.63, 3.8) is 0 Å².